The summed E-state index contributed by atoms with van der Waals surface area (Å²) in [5, 5.41) is 7.87. The highest BCUT2D eigenvalue weighted by molar-refractivity contribution is 5.73. The zero-order chi connectivity index (χ0) is 9.68. The molecule has 3 heteroatoms. The zero-order valence-electron chi connectivity index (χ0n) is 7.69. The Bertz CT molecular complexity index is 276. The fourth-order valence-electron chi connectivity index (χ4n) is 0.764. The van der Waals surface area contributed by atoms with E-state index < -0.39 is 12.1 Å². The molecular weight excluding hydrogens is 144 g/mol. The molecule has 0 saturated carbocycles. The van der Waals surface area contributed by atoms with Gasteiger partial charge in [-0.25, -0.2) is 4.79 Å². The van der Waals surface area contributed by atoms with Crippen molar-refractivity contribution < 1.29 is 15.0 Å². The lowest BCUT2D eigenvalue weighted by Crippen LogP contribution is -2.09. The van der Waals surface area contributed by atoms with Crippen molar-refractivity contribution in [1.29, 1.82) is 2.86 Å². The summed E-state index contributed by atoms with van der Waals surface area (Å²) in [6.07, 6.45) is -1.14. The molecule has 0 aliphatic carbocycles. The van der Waals surface area contributed by atoms with Gasteiger partial charge in [0.1, 0.15) is 0 Å². The van der Waals surface area contributed by atoms with Gasteiger partial charge < -0.3 is 10.2 Å². The van der Waals surface area contributed by atoms with E-state index in [-0.39, 0.29) is 0 Å². The van der Waals surface area contributed by atoms with Gasteiger partial charge in [0.2, 0.25) is 1.43 Å². The van der Waals surface area contributed by atoms with E-state index >= 15 is 0 Å². The van der Waals surface area contributed by atoms with Crippen LogP contribution in [0.2, 0.25) is 0 Å². The number of carboxylic acid groups (broad SMARTS) is 1. The fraction of sp³-hybridized carbons (Fsp3) is 0.125. The number of carbonyl (C=O) groups is 1. The molecule has 1 aromatic rings. The minimum Gasteiger partial charge on any atom is -0.479 e. The van der Waals surface area contributed by atoms with Crippen LogP contribution in [0, 0.1) is 0 Å². The molecule has 0 aliphatic rings. The maximum Gasteiger partial charge on any atom is 0.337 e. The Kier molecular flexibility index (Phi) is 1.53. The lowest BCUT2D eigenvalue weighted by molar-refractivity contribution is -0.146. The molecule has 0 aromatic heterocycles. The first-order chi connectivity index (χ1) is 6.29. The number of aliphatic hydroxyl groups excluding tert-OH is 1. The molecule has 0 spiro atoms. The van der Waals surface area contributed by atoms with E-state index in [0.717, 1.165) is 0 Å². The smallest absolute Gasteiger partial charge is 0.337 e. The minimum absolute atomic E-state index is 0.495. The summed E-state index contributed by atoms with van der Waals surface area (Å²) in [4.78, 5) is 10.9. The van der Waals surface area contributed by atoms with Gasteiger partial charge in [0.15, 0.2) is 6.10 Å². The lowest BCUT2D eigenvalue weighted by atomic mass is 10.1. The van der Waals surface area contributed by atoms with Gasteiger partial charge in [-0.05, 0) is 5.56 Å². The lowest BCUT2D eigenvalue weighted by Gasteiger charge is -2.03. The van der Waals surface area contributed by atoms with Crippen LogP contribution in [0.5, 0.6) is 0 Å². The second kappa shape index (κ2) is 3.16. The molecule has 0 unspecified atom stereocenters. The number of hydrogen-bond donors (Lipinski definition) is 2. The van der Waals surface area contributed by atoms with Gasteiger partial charge in [0, 0.05) is 0 Å². The van der Waals surface area contributed by atoms with Crippen LogP contribution in [-0.2, 0) is 4.79 Å². The van der Waals surface area contributed by atoms with Crippen molar-refractivity contribution >= 4 is 5.97 Å². The average Bonchev–Trinajstić information content (AvgIpc) is 2.20. The van der Waals surface area contributed by atoms with Crippen LogP contribution in [0.4, 0.5) is 0 Å². The second-order valence-corrected chi connectivity index (χ2v) is 2.11. The third kappa shape index (κ3) is 1.78. The highest BCUT2D eigenvalue weighted by atomic mass is 16.4. The topological polar surface area (TPSA) is 57.5 Å². The minimum atomic E-state index is -1.14. The van der Waals surface area contributed by atoms with Crippen molar-refractivity contribution in [3.8, 4) is 0 Å². The van der Waals surface area contributed by atoms with E-state index in [1.165, 1.54) is 0 Å². The Balaban J connectivity index is 2.85. The molecule has 0 fully saturated rings. The number of aliphatic carboxylic acids is 1. The molecule has 0 amide bonds. The largest absolute Gasteiger partial charge is 0.479 e. The van der Waals surface area contributed by atoms with Crippen LogP contribution in [0.15, 0.2) is 30.3 Å². The Hall–Kier alpha value is -1.35. The Morgan fingerprint density at radius 1 is 1.45 bits per heavy atom. The van der Waals surface area contributed by atoms with E-state index in [9.17, 15) is 4.79 Å². The molecule has 0 bridgehead atoms. The summed E-state index contributed by atoms with van der Waals surface area (Å²) in [7, 11) is 0. The molecule has 1 atom stereocenters. The maximum absolute atomic E-state index is 10.9. The first kappa shape index (κ1) is 5.32. The predicted molar refractivity (Wildman–Crippen MR) is 39.0 cm³/mol. The molecular formula is C8H8O3. The first-order valence-electron chi connectivity index (χ1n) is 3.95. The zero-order valence-corrected chi connectivity index (χ0v) is 5.69. The molecule has 2 N–H and O–H groups in total. The van der Waals surface area contributed by atoms with Crippen LogP contribution in [0.25, 0.3) is 1.43 Å². The van der Waals surface area contributed by atoms with Crippen LogP contribution < -0.4 is 0 Å². The maximum atomic E-state index is 10.9. The van der Waals surface area contributed by atoms with E-state index in [1.807, 2.05) is 0 Å². The van der Waals surface area contributed by atoms with Crippen molar-refractivity contribution in [2.24, 2.45) is 0 Å². The number of hydrogen-bond acceptors (Lipinski definition) is 3. The van der Waals surface area contributed by atoms with Crippen LogP contribution in [0.3, 0.4) is 0 Å². The van der Waals surface area contributed by atoms with Gasteiger partial charge in [-0.15, -0.1) is 0 Å². The Morgan fingerprint density at radius 3 is 2.73 bits per heavy atom. The molecule has 0 heterocycles. The summed E-state index contributed by atoms with van der Waals surface area (Å²) in [6.45, 7) is 0. The molecule has 11 heavy (non-hydrogen) atoms. The summed E-state index contributed by atoms with van der Waals surface area (Å²) in [6, 6.07) is 8.43. The van der Waals surface area contributed by atoms with E-state index in [4.69, 9.17) is 2.86 Å². The Morgan fingerprint density at radius 2 is 2.18 bits per heavy atom. The van der Waals surface area contributed by atoms with Crippen molar-refractivity contribution in [3.63, 3.8) is 0 Å². The van der Waals surface area contributed by atoms with Crippen molar-refractivity contribution in [3.05, 3.63) is 35.9 Å². The third-order valence-corrected chi connectivity index (χ3v) is 1.32. The quantitative estimate of drug-likeness (QED) is 0.677. The Labute approximate surface area is 66.9 Å². The molecule has 1 rings (SSSR count). The van der Waals surface area contributed by atoms with Crippen LogP contribution in [-0.4, -0.2) is 17.6 Å². The van der Waals surface area contributed by atoms with Gasteiger partial charge in [0.05, 0.1) is 0 Å². The van der Waals surface area contributed by atoms with Crippen LogP contribution >= 0.6 is 0 Å². The molecule has 0 saturated heterocycles. The number of benzene rings is 1. The van der Waals surface area contributed by atoms with Gasteiger partial charge in [-0.1, -0.05) is 30.3 Å². The van der Waals surface area contributed by atoms with E-state index in [1.54, 1.807) is 30.3 Å². The monoisotopic (exact) mass is 154 g/mol. The van der Waals surface area contributed by atoms with Gasteiger partial charge in [-0.3, -0.25) is 0 Å². The average molecular weight is 154 g/mol. The van der Waals surface area contributed by atoms with Crippen LogP contribution in [0.1, 0.15) is 11.7 Å². The summed E-state index contributed by atoms with van der Waals surface area (Å²) in [5.74, 6) is -0.902. The van der Waals surface area contributed by atoms with Gasteiger partial charge >= 0.3 is 5.97 Å². The van der Waals surface area contributed by atoms with Crippen molar-refractivity contribution in [2.75, 3.05) is 0 Å². The highest BCUT2D eigenvalue weighted by Crippen LogP contribution is 2.10. The fourth-order valence-corrected chi connectivity index (χ4v) is 0.764. The van der Waals surface area contributed by atoms with E-state index in [2.05, 4.69) is 10.2 Å². The predicted octanol–water partition coefficient (Wildman–Crippen LogP) is 0.805. The van der Waals surface area contributed by atoms with Gasteiger partial charge in [-0.2, -0.15) is 0 Å². The number of carboxylic acids is 1. The normalized spacial score (nSPS) is 14.5. The van der Waals surface area contributed by atoms with E-state index in [0.29, 0.717) is 5.56 Å². The summed E-state index contributed by atoms with van der Waals surface area (Å²) >= 11 is 0. The van der Waals surface area contributed by atoms with Crippen molar-refractivity contribution in [2.45, 2.75) is 6.10 Å². The number of rotatable bonds is 3. The van der Waals surface area contributed by atoms with Gasteiger partial charge in [0.25, 0.3) is 1.43 Å². The SMILES string of the molecule is [2H]OC(=O)[C@H](O[2H])c1ccccc1. The second-order valence-electron chi connectivity index (χ2n) is 2.11. The highest BCUT2D eigenvalue weighted by Gasteiger charge is 2.14. The molecule has 1 aromatic carbocycles. The summed E-state index contributed by atoms with van der Waals surface area (Å²) in [5.41, 5.74) is 0.495. The number of aliphatic hydroxyl groups is 1. The molecule has 3 nitrogen and oxygen atoms in total. The first-order valence-corrected chi connectivity index (χ1v) is 3.13. The standard InChI is InChI=1S/C8H8O3/c9-7(8(10)11)6-4-2-1-3-5-6/h1-5,7,9H,(H,10,11)/t7-/m1/s1/i9D/hD. The molecule has 58 valence electrons. The molecule has 0 radical (unpaired) electrons. The molecule has 0 aliphatic heterocycles. The third-order valence-electron chi connectivity index (χ3n) is 1.32. The summed E-state index contributed by atoms with van der Waals surface area (Å²) < 4.78 is 13.0. The van der Waals surface area contributed by atoms with Crippen molar-refractivity contribution in [1.82, 2.24) is 0 Å².